The van der Waals surface area contributed by atoms with Gasteiger partial charge < -0.3 is 9.84 Å². The first-order chi connectivity index (χ1) is 10.4. The standard InChI is InChI=1S/C19H33NO2/c1-15(2)10-11-20(13-19(21)14-22-16(3)4)12-18-9-7-6-8-17(18)5/h6-9,15-16,19,21H,10-14H2,1-5H3/t19-/m0/s1. The topological polar surface area (TPSA) is 32.7 Å². The molecule has 126 valence electrons. The molecule has 22 heavy (non-hydrogen) atoms. The quantitative estimate of drug-likeness (QED) is 0.716. The number of nitrogens with zero attached hydrogens (tertiary/aromatic N) is 1. The average Bonchev–Trinajstić information content (AvgIpc) is 2.45. The molecule has 1 aromatic carbocycles. The molecule has 0 amide bonds. The molecule has 0 aliphatic heterocycles. The Morgan fingerprint density at radius 3 is 2.41 bits per heavy atom. The molecule has 0 aromatic heterocycles. The van der Waals surface area contributed by atoms with E-state index in [0.29, 0.717) is 19.1 Å². The highest BCUT2D eigenvalue weighted by Crippen LogP contribution is 2.13. The van der Waals surface area contributed by atoms with Gasteiger partial charge in [-0.1, -0.05) is 38.1 Å². The van der Waals surface area contributed by atoms with Crippen molar-refractivity contribution >= 4 is 0 Å². The van der Waals surface area contributed by atoms with Crippen LogP contribution in [0.3, 0.4) is 0 Å². The Kier molecular flexibility index (Phi) is 8.69. The number of rotatable bonds is 10. The molecule has 1 N–H and O–H groups in total. The second-order valence-corrected chi connectivity index (χ2v) is 6.88. The Morgan fingerprint density at radius 2 is 1.82 bits per heavy atom. The molecule has 3 heteroatoms. The van der Waals surface area contributed by atoms with Crippen LogP contribution in [0.1, 0.15) is 45.2 Å². The van der Waals surface area contributed by atoms with Gasteiger partial charge >= 0.3 is 0 Å². The van der Waals surface area contributed by atoms with Crippen LogP contribution in [-0.2, 0) is 11.3 Å². The van der Waals surface area contributed by atoms with Crippen LogP contribution in [0.2, 0.25) is 0 Å². The van der Waals surface area contributed by atoms with Crippen molar-refractivity contribution in [2.24, 2.45) is 5.92 Å². The molecule has 0 spiro atoms. The number of hydrogen-bond donors (Lipinski definition) is 1. The van der Waals surface area contributed by atoms with Crippen LogP contribution < -0.4 is 0 Å². The molecule has 0 aliphatic rings. The van der Waals surface area contributed by atoms with Gasteiger partial charge in [0.05, 0.1) is 18.8 Å². The zero-order chi connectivity index (χ0) is 16.5. The van der Waals surface area contributed by atoms with Crippen molar-refractivity contribution in [2.75, 3.05) is 19.7 Å². The molecule has 0 saturated carbocycles. The Balaban J connectivity index is 2.61. The summed E-state index contributed by atoms with van der Waals surface area (Å²) < 4.78 is 5.53. The third kappa shape index (κ3) is 7.92. The molecular weight excluding hydrogens is 274 g/mol. The molecule has 0 fully saturated rings. The maximum Gasteiger partial charge on any atom is 0.0900 e. The highest BCUT2D eigenvalue weighted by molar-refractivity contribution is 5.25. The molecule has 0 heterocycles. The van der Waals surface area contributed by atoms with Gasteiger partial charge in [0.25, 0.3) is 0 Å². The van der Waals surface area contributed by atoms with Gasteiger partial charge in [-0.2, -0.15) is 0 Å². The summed E-state index contributed by atoms with van der Waals surface area (Å²) in [5, 5.41) is 10.2. The molecule has 1 atom stereocenters. The second kappa shape index (κ2) is 9.98. The third-order valence-electron chi connectivity index (χ3n) is 3.77. The zero-order valence-electron chi connectivity index (χ0n) is 14.9. The SMILES string of the molecule is Cc1ccccc1CN(CCC(C)C)C[C@H](O)COC(C)C. The largest absolute Gasteiger partial charge is 0.389 e. The van der Waals surface area contributed by atoms with Crippen molar-refractivity contribution < 1.29 is 9.84 Å². The molecule has 0 bridgehead atoms. The van der Waals surface area contributed by atoms with E-state index < -0.39 is 6.10 Å². The summed E-state index contributed by atoms with van der Waals surface area (Å²) in [6.07, 6.45) is 0.873. The Labute approximate surface area is 136 Å². The first-order valence-corrected chi connectivity index (χ1v) is 8.45. The number of ether oxygens (including phenoxy) is 1. The molecule has 0 aliphatic carbocycles. The minimum Gasteiger partial charge on any atom is -0.389 e. The molecular formula is C19H33NO2. The smallest absolute Gasteiger partial charge is 0.0900 e. The predicted octanol–water partition coefficient (Wildman–Crippen LogP) is 3.63. The summed E-state index contributed by atoms with van der Waals surface area (Å²) in [6, 6.07) is 8.48. The van der Waals surface area contributed by atoms with Crippen LogP contribution in [-0.4, -0.2) is 41.9 Å². The van der Waals surface area contributed by atoms with Crippen molar-refractivity contribution in [3.05, 3.63) is 35.4 Å². The molecule has 1 rings (SSSR count). The fourth-order valence-electron chi connectivity index (χ4n) is 2.36. The van der Waals surface area contributed by atoms with E-state index in [4.69, 9.17) is 4.74 Å². The third-order valence-corrected chi connectivity index (χ3v) is 3.77. The minimum absolute atomic E-state index is 0.162. The highest BCUT2D eigenvalue weighted by atomic mass is 16.5. The monoisotopic (exact) mass is 307 g/mol. The van der Waals surface area contributed by atoms with E-state index in [2.05, 4.69) is 49.9 Å². The van der Waals surface area contributed by atoms with E-state index in [1.165, 1.54) is 11.1 Å². The van der Waals surface area contributed by atoms with E-state index in [0.717, 1.165) is 19.5 Å². The zero-order valence-corrected chi connectivity index (χ0v) is 14.9. The molecule has 0 saturated heterocycles. The van der Waals surface area contributed by atoms with E-state index in [-0.39, 0.29) is 6.10 Å². The Bertz CT molecular complexity index is 418. The maximum atomic E-state index is 10.2. The van der Waals surface area contributed by atoms with Gasteiger partial charge in [-0.15, -0.1) is 0 Å². The number of aliphatic hydroxyl groups excluding tert-OH is 1. The van der Waals surface area contributed by atoms with Crippen molar-refractivity contribution in [2.45, 2.75) is 59.8 Å². The van der Waals surface area contributed by atoms with Crippen LogP contribution in [0.5, 0.6) is 0 Å². The van der Waals surface area contributed by atoms with Crippen molar-refractivity contribution in [3.63, 3.8) is 0 Å². The van der Waals surface area contributed by atoms with Gasteiger partial charge in [-0.25, -0.2) is 0 Å². The second-order valence-electron chi connectivity index (χ2n) is 6.88. The predicted molar refractivity (Wildman–Crippen MR) is 93.0 cm³/mol. The van der Waals surface area contributed by atoms with Gasteiger partial charge in [0.2, 0.25) is 0 Å². The van der Waals surface area contributed by atoms with E-state index >= 15 is 0 Å². The summed E-state index contributed by atoms with van der Waals surface area (Å²) in [6.45, 7) is 13.6. The Morgan fingerprint density at radius 1 is 1.14 bits per heavy atom. The Hall–Kier alpha value is -0.900. The normalized spacial score (nSPS) is 13.3. The molecule has 3 nitrogen and oxygen atoms in total. The van der Waals surface area contributed by atoms with Crippen LogP contribution in [0.25, 0.3) is 0 Å². The van der Waals surface area contributed by atoms with Gasteiger partial charge in [-0.05, 0) is 50.8 Å². The number of aliphatic hydroxyl groups is 1. The van der Waals surface area contributed by atoms with E-state index in [9.17, 15) is 5.11 Å². The van der Waals surface area contributed by atoms with Gasteiger partial charge in [0.1, 0.15) is 0 Å². The van der Waals surface area contributed by atoms with Gasteiger partial charge in [0.15, 0.2) is 0 Å². The van der Waals surface area contributed by atoms with Crippen molar-refractivity contribution in [1.29, 1.82) is 0 Å². The lowest BCUT2D eigenvalue weighted by Crippen LogP contribution is -2.36. The van der Waals surface area contributed by atoms with E-state index in [1.807, 2.05) is 13.8 Å². The van der Waals surface area contributed by atoms with Gasteiger partial charge in [-0.3, -0.25) is 4.90 Å². The molecule has 0 unspecified atom stereocenters. The van der Waals surface area contributed by atoms with Crippen LogP contribution >= 0.6 is 0 Å². The summed E-state index contributed by atoms with van der Waals surface area (Å²) in [4.78, 5) is 2.34. The first kappa shape index (κ1) is 19.1. The minimum atomic E-state index is -0.432. The molecule has 0 radical (unpaired) electrons. The first-order valence-electron chi connectivity index (χ1n) is 8.45. The summed E-state index contributed by atoms with van der Waals surface area (Å²) in [5.41, 5.74) is 2.65. The fourth-order valence-corrected chi connectivity index (χ4v) is 2.36. The lowest BCUT2D eigenvalue weighted by molar-refractivity contribution is -0.00999. The summed E-state index contributed by atoms with van der Waals surface area (Å²) in [7, 11) is 0. The van der Waals surface area contributed by atoms with Crippen LogP contribution in [0, 0.1) is 12.8 Å². The summed E-state index contributed by atoms with van der Waals surface area (Å²) >= 11 is 0. The molecule has 1 aromatic rings. The van der Waals surface area contributed by atoms with Crippen molar-refractivity contribution in [1.82, 2.24) is 4.90 Å². The maximum absolute atomic E-state index is 10.2. The van der Waals surface area contributed by atoms with Gasteiger partial charge in [0, 0.05) is 13.1 Å². The number of aryl methyl sites for hydroxylation is 1. The number of benzene rings is 1. The van der Waals surface area contributed by atoms with Crippen molar-refractivity contribution in [3.8, 4) is 0 Å². The lowest BCUT2D eigenvalue weighted by Gasteiger charge is -2.27. The summed E-state index contributed by atoms with van der Waals surface area (Å²) in [5.74, 6) is 0.670. The van der Waals surface area contributed by atoms with Crippen LogP contribution in [0.4, 0.5) is 0 Å². The average molecular weight is 307 g/mol. The van der Waals surface area contributed by atoms with E-state index in [1.54, 1.807) is 0 Å². The highest BCUT2D eigenvalue weighted by Gasteiger charge is 2.14. The fraction of sp³-hybridized carbons (Fsp3) is 0.684. The number of hydrogen-bond acceptors (Lipinski definition) is 3. The lowest BCUT2D eigenvalue weighted by atomic mass is 10.1. The van der Waals surface area contributed by atoms with Crippen LogP contribution in [0.15, 0.2) is 24.3 Å².